The predicted molar refractivity (Wildman–Crippen MR) is 63.1 cm³/mol. The summed E-state index contributed by atoms with van der Waals surface area (Å²) in [4.78, 5) is 22.0. The molecular formula is C12H13NO4. The number of hydrogen-bond donors (Lipinski definition) is 2. The zero-order valence-corrected chi connectivity index (χ0v) is 9.34. The molecule has 0 aliphatic heterocycles. The summed E-state index contributed by atoms with van der Waals surface area (Å²) in [6.45, 7) is 0. The number of benzene rings is 1. The number of aliphatic carboxylic acids is 1. The van der Waals surface area contributed by atoms with Crippen LogP contribution in [0, 0.1) is 0 Å². The molecule has 0 unspecified atom stereocenters. The zero-order chi connectivity index (χ0) is 12.8. The second kappa shape index (κ2) is 5.69. The van der Waals surface area contributed by atoms with E-state index in [0.717, 1.165) is 0 Å². The van der Waals surface area contributed by atoms with Crippen LogP contribution in [0.25, 0.3) is 6.08 Å². The highest BCUT2D eigenvalue weighted by molar-refractivity contribution is 5.97. The molecule has 0 aliphatic rings. The molecule has 0 saturated carbocycles. The Hall–Kier alpha value is -2.30. The third kappa shape index (κ3) is 3.98. The summed E-state index contributed by atoms with van der Waals surface area (Å²) in [7, 11) is 1.21. The first kappa shape index (κ1) is 12.8. The molecule has 5 nitrogen and oxygen atoms in total. The van der Waals surface area contributed by atoms with E-state index in [0.29, 0.717) is 11.3 Å². The van der Waals surface area contributed by atoms with Gasteiger partial charge in [-0.3, -0.25) is 4.79 Å². The average molecular weight is 235 g/mol. The molecule has 0 bridgehead atoms. The third-order valence-corrected chi connectivity index (χ3v) is 2.04. The smallest absolute Gasteiger partial charge is 0.334 e. The first-order valence-corrected chi connectivity index (χ1v) is 4.89. The van der Waals surface area contributed by atoms with Crippen molar-refractivity contribution in [3.8, 4) is 0 Å². The lowest BCUT2D eigenvalue weighted by Crippen LogP contribution is -2.09. The van der Waals surface area contributed by atoms with Crippen molar-refractivity contribution in [2.45, 2.75) is 6.42 Å². The molecule has 0 radical (unpaired) electrons. The van der Waals surface area contributed by atoms with E-state index in [2.05, 4.69) is 4.74 Å². The van der Waals surface area contributed by atoms with E-state index >= 15 is 0 Å². The van der Waals surface area contributed by atoms with Crippen molar-refractivity contribution in [2.24, 2.45) is 0 Å². The number of carboxylic acid groups (broad SMARTS) is 1. The maximum absolute atomic E-state index is 11.4. The molecular weight excluding hydrogens is 222 g/mol. The van der Waals surface area contributed by atoms with Gasteiger partial charge in [-0.1, -0.05) is 12.1 Å². The van der Waals surface area contributed by atoms with Crippen LogP contribution in [-0.2, 0) is 14.3 Å². The molecule has 1 rings (SSSR count). The number of anilines is 1. The first-order chi connectivity index (χ1) is 8.02. The van der Waals surface area contributed by atoms with Crippen LogP contribution in [0.5, 0.6) is 0 Å². The van der Waals surface area contributed by atoms with Crippen LogP contribution in [0.4, 0.5) is 5.69 Å². The van der Waals surface area contributed by atoms with Gasteiger partial charge in [0, 0.05) is 11.3 Å². The van der Waals surface area contributed by atoms with Gasteiger partial charge in [0.2, 0.25) is 0 Å². The van der Waals surface area contributed by atoms with Gasteiger partial charge >= 0.3 is 11.9 Å². The van der Waals surface area contributed by atoms with Crippen LogP contribution in [0.2, 0.25) is 0 Å². The van der Waals surface area contributed by atoms with Crippen molar-refractivity contribution in [3.63, 3.8) is 0 Å². The third-order valence-electron chi connectivity index (χ3n) is 2.04. The van der Waals surface area contributed by atoms with E-state index in [-0.39, 0.29) is 12.0 Å². The minimum absolute atomic E-state index is 0.0746. The van der Waals surface area contributed by atoms with Crippen LogP contribution in [0.15, 0.2) is 29.8 Å². The van der Waals surface area contributed by atoms with Gasteiger partial charge in [0.15, 0.2) is 0 Å². The van der Waals surface area contributed by atoms with Crippen molar-refractivity contribution in [1.82, 2.24) is 0 Å². The second-order valence-corrected chi connectivity index (χ2v) is 3.40. The summed E-state index contributed by atoms with van der Waals surface area (Å²) in [5.74, 6) is -1.75. The van der Waals surface area contributed by atoms with Gasteiger partial charge < -0.3 is 15.6 Å². The van der Waals surface area contributed by atoms with Gasteiger partial charge in [0.05, 0.1) is 13.5 Å². The van der Waals surface area contributed by atoms with Crippen LogP contribution < -0.4 is 5.73 Å². The van der Waals surface area contributed by atoms with Crippen molar-refractivity contribution in [1.29, 1.82) is 0 Å². The molecule has 0 spiro atoms. The molecule has 1 aromatic rings. The Kier molecular flexibility index (Phi) is 4.28. The second-order valence-electron chi connectivity index (χ2n) is 3.40. The largest absolute Gasteiger partial charge is 0.481 e. The lowest BCUT2D eigenvalue weighted by molar-refractivity contribution is -0.141. The minimum Gasteiger partial charge on any atom is -0.481 e. The molecule has 90 valence electrons. The number of hydrogen-bond acceptors (Lipinski definition) is 4. The van der Waals surface area contributed by atoms with Crippen molar-refractivity contribution in [3.05, 3.63) is 35.4 Å². The SMILES string of the molecule is COC(=O)C(=Cc1cccc(N)c1)CC(=O)O. The Labute approximate surface area is 98.5 Å². The van der Waals surface area contributed by atoms with Gasteiger partial charge in [-0.05, 0) is 23.8 Å². The molecule has 0 aliphatic carbocycles. The summed E-state index contributed by atoms with van der Waals surface area (Å²) >= 11 is 0. The highest BCUT2D eigenvalue weighted by atomic mass is 16.5. The minimum atomic E-state index is -1.09. The number of esters is 1. The van der Waals surface area contributed by atoms with E-state index in [4.69, 9.17) is 10.8 Å². The van der Waals surface area contributed by atoms with Gasteiger partial charge in [0.1, 0.15) is 0 Å². The van der Waals surface area contributed by atoms with Crippen LogP contribution in [0.3, 0.4) is 0 Å². The lowest BCUT2D eigenvalue weighted by Gasteiger charge is -2.03. The standard InChI is InChI=1S/C12H13NO4/c1-17-12(16)9(7-11(14)15)5-8-3-2-4-10(13)6-8/h2-6H,7,13H2,1H3,(H,14,15). The number of carboxylic acids is 1. The van der Waals surface area contributed by atoms with Gasteiger partial charge in [-0.2, -0.15) is 0 Å². The van der Waals surface area contributed by atoms with Crippen molar-refractivity contribution < 1.29 is 19.4 Å². The lowest BCUT2D eigenvalue weighted by atomic mass is 10.1. The van der Waals surface area contributed by atoms with E-state index in [1.54, 1.807) is 24.3 Å². The molecule has 3 N–H and O–H groups in total. The Morgan fingerprint density at radius 3 is 2.71 bits per heavy atom. The number of rotatable bonds is 4. The molecule has 5 heteroatoms. The summed E-state index contributed by atoms with van der Waals surface area (Å²) in [5, 5.41) is 8.69. The molecule has 0 heterocycles. The molecule has 0 amide bonds. The topological polar surface area (TPSA) is 89.6 Å². The Morgan fingerprint density at radius 2 is 2.18 bits per heavy atom. The Balaban J connectivity index is 3.04. The monoisotopic (exact) mass is 235 g/mol. The molecule has 0 fully saturated rings. The number of ether oxygens (including phenoxy) is 1. The van der Waals surface area contributed by atoms with Gasteiger partial charge in [-0.25, -0.2) is 4.79 Å². The van der Waals surface area contributed by atoms with Crippen LogP contribution in [-0.4, -0.2) is 24.2 Å². The van der Waals surface area contributed by atoms with E-state index in [1.165, 1.54) is 13.2 Å². The number of carbonyl (C=O) groups excluding carboxylic acids is 1. The van der Waals surface area contributed by atoms with Crippen LogP contribution >= 0.6 is 0 Å². The van der Waals surface area contributed by atoms with Crippen molar-refractivity contribution in [2.75, 3.05) is 12.8 Å². The summed E-state index contributed by atoms with van der Waals surface area (Å²) < 4.78 is 4.51. The first-order valence-electron chi connectivity index (χ1n) is 4.89. The molecule has 0 atom stereocenters. The van der Waals surface area contributed by atoms with Crippen LogP contribution in [0.1, 0.15) is 12.0 Å². The fraction of sp³-hybridized carbons (Fsp3) is 0.167. The Bertz CT molecular complexity index is 465. The molecule has 0 saturated heterocycles. The number of methoxy groups -OCH3 is 1. The van der Waals surface area contributed by atoms with E-state index in [1.807, 2.05) is 0 Å². The molecule has 0 aromatic heterocycles. The quantitative estimate of drug-likeness (QED) is 0.466. The number of nitrogens with two attached hydrogens (primary N) is 1. The molecule has 17 heavy (non-hydrogen) atoms. The summed E-state index contributed by atoms with van der Waals surface area (Å²) in [5.41, 5.74) is 6.86. The average Bonchev–Trinajstić information content (AvgIpc) is 2.26. The maximum Gasteiger partial charge on any atom is 0.334 e. The van der Waals surface area contributed by atoms with Gasteiger partial charge in [0.25, 0.3) is 0 Å². The number of carbonyl (C=O) groups is 2. The fourth-order valence-electron chi connectivity index (χ4n) is 1.33. The Morgan fingerprint density at radius 1 is 1.47 bits per heavy atom. The highest BCUT2D eigenvalue weighted by Crippen LogP contribution is 2.14. The maximum atomic E-state index is 11.4. The highest BCUT2D eigenvalue weighted by Gasteiger charge is 2.13. The fourth-order valence-corrected chi connectivity index (χ4v) is 1.33. The van der Waals surface area contributed by atoms with E-state index in [9.17, 15) is 9.59 Å². The van der Waals surface area contributed by atoms with E-state index < -0.39 is 11.9 Å². The number of nitrogen functional groups attached to an aromatic ring is 1. The summed E-state index contributed by atoms with van der Waals surface area (Å²) in [6.07, 6.45) is 1.07. The molecule has 1 aromatic carbocycles. The summed E-state index contributed by atoms with van der Waals surface area (Å²) in [6, 6.07) is 6.79. The van der Waals surface area contributed by atoms with Crippen molar-refractivity contribution >= 4 is 23.7 Å². The zero-order valence-electron chi connectivity index (χ0n) is 9.34. The predicted octanol–water partition coefficient (Wildman–Crippen LogP) is 1.30. The normalized spacial score (nSPS) is 11.0. The van der Waals surface area contributed by atoms with Gasteiger partial charge in [-0.15, -0.1) is 0 Å².